The average molecular weight is 311 g/mol. The van der Waals surface area contributed by atoms with Gasteiger partial charge in [-0.25, -0.2) is 0 Å². The van der Waals surface area contributed by atoms with Crippen LogP contribution in [0.2, 0.25) is 0 Å². The summed E-state index contributed by atoms with van der Waals surface area (Å²) >= 11 is 3.47. The van der Waals surface area contributed by atoms with Gasteiger partial charge in [0.2, 0.25) is 5.91 Å². The third-order valence-corrected chi connectivity index (χ3v) is 3.77. The molecule has 96 valence electrons. The van der Waals surface area contributed by atoms with Crippen LogP contribution in [-0.4, -0.2) is 31.3 Å². The molecule has 0 spiro atoms. The number of amides is 1. The molecule has 0 radical (unpaired) electrons. The van der Waals surface area contributed by atoms with Crippen LogP contribution in [0.25, 0.3) is 0 Å². The van der Waals surface area contributed by atoms with Crippen molar-refractivity contribution >= 4 is 33.8 Å². The summed E-state index contributed by atoms with van der Waals surface area (Å²) in [5, 5.41) is 2.87. The van der Waals surface area contributed by atoms with Gasteiger partial charge >= 0.3 is 0 Å². The molecule has 1 heterocycles. The first-order valence-corrected chi connectivity index (χ1v) is 6.75. The zero-order valence-corrected chi connectivity index (χ0v) is 11.7. The van der Waals surface area contributed by atoms with E-state index >= 15 is 0 Å². The highest BCUT2D eigenvalue weighted by molar-refractivity contribution is 9.10. The molecule has 1 N–H and O–H groups in total. The quantitative estimate of drug-likeness (QED) is 0.869. The fraction of sp³-hybridized carbons (Fsp3) is 0.385. The van der Waals surface area contributed by atoms with Gasteiger partial charge in [-0.15, -0.1) is 0 Å². The van der Waals surface area contributed by atoms with Crippen LogP contribution in [0.4, 0.5) is 5.69 Å². The molecule has 1 aromatic rings. The monoisotopic (exact) mass is 310 g/mol. The molecule has 2 rings (SSSR count). The molecule has 1 atom stereocenters. The Bertz CT molecular complexity index is 476. The van der Waals surface area contributed by atoms with Crippen LogP contribution in [-0.2, 0) is 4.79 Å². The second-order valence-corrected chi connectivity index (χ2v) is 5.09. The van der Waals surface area contributed by atoms with Gasteiger partial charge in [0.1, 0.15) is 12.3 Å². The van der Waals surface area contributed by atoms with Crippen LogP contribution < -0.4 is 10.2 Å². The third kappa shape index (κ3) is 2.41. The molecule has 0 aromatic heterocycles. The Hall–Kier alpha value is -1.36. The Morgan fingerprint density at radius 1 is 1.56 bits per heavy atom. The smallest absolute Gasteiger partial charge is 0.242 e. The Balaban J connectivity index is 2.34. The highest BCUT2D eigenvalue weighted by atomic mass is 79.9. The fourth-order valence-corrected chi connectivity index (χ4v) is 2.86. The van der Waals surface area contributed by atoms with E-state index in [0.717, 1.165) is 29.4 Å². The van der Waals surface area contributed by atoms with Crippen LogP contribution in [0.3, 0.4) is 0 Å². The Labute approximate surface area is 114 Å². The van der Waals surface area contributed by atoms with Crippen molar-refractivity contribution in [2.24, 2.45) is 0 Å². The van der Waals surface area contributed by atoms with Gasteiger partial charge in [-0.2, -0.15) is 0 Å². The van der Waals surface area contributed by atoms with E-state index < -0.39 is 0 Å². The lowest BCUT2D eigenvalue weighted by atomic mass is 10.1. The first-order valence-electron chi connectivity index (χ1n) is 5.96. The van der Waals surface area contributed by atoms with Crippen molar-refractivity contribution < 1.29 is 9.59 Å². The molecule has 1 unspecified atom stereocenters. The number of halogens is 1. The number of piperazine rings is 1. The minimum atomic E-state index is -0.142. The number of carbonyl (C=O) groups excluding carboxylic acids is 2. The minimum absolute atomic E-state index is 0.0649. The lowest BCUT2D eigenvalue weighted by Crippen LogP contribution is -2.55. The van der Waals surface area contributed by atoms with Crippen molar-refractivity contribution in [2.45, 2.75) is 19.4 Å². The van der Waals surface area contributed by atoms with Crippen LogP contribution in [0.1, 0.15) is 23.7 Å². The van der Waals surface area contributed by atoms with E-state index in [1.807, 2.05) is 13.0 Å². The van der Waals surface area contributed by atoms with Crippen LogP contribution >= 0.6 is 15.9 Å². The molecular formula is C13H15BrN2O2. The van der Waals surface area contributed by atoms with Crippen molar-refractivity contribution in [1.29, 1.82) is 0 Å². The van der Waals surface area contributed by atoms with Gasteiger partial charge in [0.25, 0.3) is 0 Å². The summed E-state index contributed by atoms with van der Waals surface area (Å²) in [6.07, 6.45) is 1.57. The highest BCUT2D eigenvalue weighted by Gasteiger charge is 2.29. The standard InChI is InChI=1S/C13H15BrN2O2/c1-2-11-13(18)15-5-6-16(11)12-4-3-9(8-17)7-10(12)14/h3-4,7-8,11H,2,5-6H2,1H3,(H,15,18). The molecule has 1 aromatic carbocycles. The molecule has 18 heavy (non-hydrogen) atoms. The van der Waals surface area contributed by atoms with E-state index in [4.69, 9.17) is 0 Å². The highest BCUT2D eigenvalue weighted by Crippen LogP contribution is 2.29. The van der Waals surface area contributed by atoms with Gasteiger partial charge in [0.15, 0.2) is 0 Å². The van der Waals surface area contributed by atoms with Gasteiger partial charge in [0, 0.05) is 23.1 Å². The molecule has 0 saturated carbocycles. The van der Waals surface area contributed by atoms with Crippen molar-refractivity contribution in [2.75, 3.05) is 18.0 Å². The zero-order valence-electron chi connectivity index (χ0n) is 10.1. The molecule has 1 aliphatic heterocycles. The number of benzene rings is 1. The van der Waals surface area contributed by atoms with E-state index in [9.17, 15) is 9.59 Å². The molecule has 0 aliphatic carbocycles. The van der Waals surface area contributed by atoms with Crippen molar-refractivity contribution in [3.8, 4) is 0 Å². The second kappa shape index (κ2) is 5.52. The maximum absolute atomic E-state index is 11.8. The molecule has 1 aliphatic rings. The first-order chi connectivity index (χ1) is 8.67. The summed E-state index contributed by atoms with van der Waals surface area (Å²) in [4.78, 5) is 24.6. The number of aldehydes is 1. The summed E-state index contributed by atoms with van der Waals surface area (Å²) in [6.45, 7) is 3.43. The van der Waals surface area contributed by atoms with Crippen molar-refractivity contribution in [1.82, 2.24) is 5.32 Å². The molecule has 0 bridgehead atoms. The lowest BCUT2D eigenvalue weighted by Gasteiger charge is -2.36. The molecule has 1 amide bonds. The Morgan fingerprint density at radius 2 is 2.33 bits per heavy atom. The number of nitrogens with one attached hydrogen (secondary N) is 1. The number of hydrogen-bond donors (Lipinski definition) is 1. The van der Waals surface area contributed by atoms with Gasteiger partial charge in [-0.05, 0) is 40.5 Å². The topological polar surface area (TPSA) is 49.4 Å². The Kier molecular flexibility index (Phi) is 4.01. The average Bonchev–Trinajstić information content (AvgIpc) is 2.38. The van der Waals surface area contributed by atoms with Crippen molar-refractivity contribution in [3.63, 3.8) is 0 Å². The molecule has 4 nitrogen and oxygen atoms in total. The van der Waals surface area contributed by atoms with E-state index in [1.165, 1.54) is 0 Å². The number of carbonyl (C=O) groups is 2. The number of hydrogen-bond acceptors (Lipinski definition) is 3. The maximum atomic E-state index is 11.8. The lowest BCUT2D eigenvalue weighted by molar-refractivity contribution is -0.123. The van der Waals surface area contributed by atoms with Crippen molar-refractivity contribution in [3.05, 3.63) is 28.2 Å². The number of nitrogens with zero attached hydrogens (tertiary/aromatic N) is 1. The van der Waals surface area contributed by atoms with Gasteiger partial charge in [-0.3, -0.25) is 9.59 Å². The third-order valence-electron chi connectivity index (χ3n) is 3.13. The van der Waals surface area contributed by atoms with Crippen LogP contribution in [0.15, 0.2) is 22.7 Å². The van der Waals surface area contributed by atoms with E-state index in [2.05, 4.69) is 26.1 Å². The normalized spacial score (nSPS) is 19.6. The first kappa shape index (κ1) is 13.1. The van der Waals surface area contributed by atoms with E-state index in [0.29, 0.717) is 12.1 Å². The largest absolute Gasteiger partial charge is 0.357 e. The second-order valence-electron chi connectivity index (χ2n) is 4.24. The molecular weight excluding hydrogens is 296 g/mol. The van der Waals surface area contributed by atoms with Gasteiger partial charge in [0.05, 0.1) is 5.69 Å². The predicted octanol–water partition coefficient (Wildman–Crippen LogP) is 1.98. The van der Waals surface area contributed by atoms with Crippen LogP contribution in [0, 0.1) is 0 Å². The van der Waals surface area contributed by atoms with Crippen LogP contribution in [0.5, 0.6) is 0 Å². The SMILES string of the molecule is CCC1C(=O)NCCN1c1ccc(C=O)cc1Br. The molecule has 1 fully saturated rings. The maximum Gasteiger partial charge on any atom is 0.242 e. The summed E-state index contributed by atoms with van der Waals surface area (Å²) in [5.74, 6) is 0.0649. The summed E-state index contributed by atoms with van der Waals surface area (Å²) < 4.78 is 0.847. The number of anilines is 1. The summed E-state index contributed by atoms with van der Waals surface area (Å²) in [7, 11) is 0. The summed E-state index contributed by atoms with van der Waals surface area (Å²) in [6, 6.07) is 5.29. The van der Waals surface area contributed by atoms with E-state index in [-0.39, 0.29) is 11.9 Å². The van der Waals surface area contributed by atoms with Gasteiger partial charge < -0.3 is 10.2 Å². The van der Waals surface area contributed by atoms with Gasteiger partial charge in [-0.1, -0.05) is 6.92 Å². The molecule has 5 heteroatoms. The number of rotatable bonds is 3. The fourth-order valence-electron chi connectivity index (χ4n) is 2.24. The predicted molar refractivity (Wildman–Crippen MR) is 74.0 cm³/mol. The van der Waals surface area contributed by atoms with E-state index in [1.54, 1.807) is 12.1 Å². The zero-order chi connectivity index (χ0) is 13.1. The Morgan fingerprint density at radius 3 is 2.94 bits per heavy atom. The minimum Gasteiger partial charge on any atom is -0.357 e. The molecule has 1 saturated heterocycles. The summed E-state index contributed by atoms with van der Waals surface area (Å²) in [5.41, 5.74) is 1.59.